The molecule has 158 valence electrons. The lowest BCUT2D eigenvalue weighted by Gasteiger charge is -2.11. The number of nitrogens with zero attached hydrogens (tertiary/aromatic N) is 3. The molecule has 0 saturated heterocycles. The normalized spacial score (nSPS) is 15.2. The van der Waals surface area contributed by atoms with Crippen molar-refractivity contribution in [1.29, 1.82) is 0 Å². The smallest absolute Gasteiger partial charge is 0.317 e. The van der Waals surface area contributed by atoms with Crippen molar-refractivity contribution in [3.63, 3.8) is 0 Å². The number of hydrogen-bond donors (Lipinski definition) is 2. The predicted octanol–water partition coefficient (Wildman–Crippen LogP) is 3.97. The van der Waals surface area contributed by atoms with Crippen LogP contribution in [0.2, 0.25) is 0 Å². The number of aromatic nitrogens is 2. The highest BCUT2D eigenvalue weighted by Gasteiger charge is 2.27. The molecule has 32 heavy (non-hydrogen) atoms. The molecule has 5 rings (SSSR count). The molecular formula is C24H19N5O3. The van der Waals surface area contributed by atoms with Crippen molar-refractivity contribution in [2.24, 2.45) is 4.99 Å². The summed E-state index contributed by atoms with van der Waals surface area (Å²) < 4.78 is 11.0. The van der Waals surface area contributed by atoms with Gasteiger partial charge in [0.05, 0.1) is 18.5 Å². The van der Waals surface area contributed by atoms with E-state index in [0.29, 0.717) is 28.6 Å². The molecule has 3 aromatic carbocycles. The Labute approximate surface area is 184 Å². The van der Waals surface area contributed by atoms with Crippen molar-refractivity contribution >= 4 is 23.3 Å². The molecule has 4 aromatic rings. The lowest BCUT2D eigenvalue weighted by Crippen LogP contribution is -2.32. The van der Waals surface area contributed by atoms with Gasteiger partial charge in [-0.15, -0.1) is 5.10 Å². The Balaban J connectivity index is 1.48. The second-order valence-corrected chi connectivity index (χ2v) is 7.07. The number of amides is 1. The number of para-hydroxylation sites is 1. The molecule has 8 nitrogen and oxygen atoms in total. The van der Waals surface area contributed by atoms with Crippen LogP contribution in [0.25, 0.3) is 11.5 Å². The summed E-state index contributed by atoms with van der Waals surface area (Å²) in [6.45, 7) is 0. The van der Waals surface area contributed by atoms with E-state index in [0.717, 1.165) is 11.1 Å². The molecule has 8 heteroatoms. The number of rotatable bonds is 5. The van der Waals surface area contributed by atoms with Crippen molar-refractivity contribution in [2.75, 3.05) is 17.7 Å². The van der Waals surface area contributed by atoms with Gasteiger partial charge in [-0.1, -0.05) is 59.7 Å². The molecule has 0 fully saturated rings. The zero-order valence-corrected chi connectivity index (χ0v) is 17.1. The molecule has 0 radical (unpaired) electrons. The summed E-state index contributed by atoms with van der Waals surface area (Å²) in [5.74, 6) is 0.647. The summed E-state index contributed by atoms with van der Waals surface area (Å²) in [4.78, 5) is 17.7. The maximum atomic E-state index is 12.9. The number of methoxy groups -OCH3 is 1. The van der Waals surface area contributed by atoms with Gasteiger partial charge in [0.2, 0.25) is 12.1 Å². The first kappa shape index (κ1) is 19.5. The number of fused-ring (bicyclic) bond motifs is 1. The molecule has 1 amide bonds. The van der Waals surface area contributed by atoms with Gasteiger partial charge in [0, 0.05) is 16.7 Å². The second kappa shape index (κ2) is 8.35. The molecule has 0 saturated carbocycles. The van der Waals surface area contributed by atoms with E-state index in [4.69, 9.17) is 14.1 Å². The van der Waals surface area contributed by atoms with Crippen molar-refractivity contribution < 1.29 is 13.9 Å². The Kier molecular flexibility index (Phi) is 5.09. The minimum Gasteiger partial charge on any atom is -0.497 e. The minimum absolute atomic E-state index is 0.0880. The van der Waals surface area contributed by atoms with E-state index in [9.17, 15) is 4.79 Å². The molecule has 1 aromatic heterocycles. The zero-order valence-electron chi connectivity index (χ0n) is 17.1. The fraction of sp³-hybridized carbons (Fsp3) is 0.0833. The number of hydrogen-bond acceptors (Lipinski definition) is 7. The van der Waals surface area contributed by atoms with Crippen LogP contribution in [0.4, 0.5) is 11.7 Å². The zero-order chi connectivity index (χ0) is 21.9. The van der Waals surface area contributed by atoms with Gasteiger partial charge in [0.1, 0.15) is 5.75 Å². The Hall–Kier alpha value is -4.46. The topological polar surface area (TPSA) is 102 Å². The number of carbonyl (C=O) groups is 1. The van der Waals surface area contributed by atoms with Gasteiger partial charge in [0.15, 0.2) is 0 Å². The van der Waals surface area contributed by atoms with Crippen LogP contribution in [-0.4, -0.2) is 35.1 Å². The van der Waals surface area contributed by atoms with E-state index in [1.807, 2.05) is 72.8 Å². The predicted molar refractivity (Wildman–Crippen MR) is 121 cm³/mol. The van der Waals surface area contributed by atoms with Crippen LogP contribution in [0, 0.1) is 0 Å². The quantitative estimate of drug-likeness (QED) is 0.502. The van der Waals surface area contributed by atoms with Gasteiger partial charge < -0.3 is 19.8 Å². The lowest BCUT2D eigenvalue weighted by molar-refractivity contribution is -0.116. The average molecular weight is 425 g/mol. The number of anilines is 2. The Morgan fingerprint density at radius 3 is 2.56 bits per heavy atom. The van der Waals surface area contributed by atoms with Crippen LogP contribution < -0.4 is 15.4 Å². The second-order valence-electron chi connectivity index (χ2n) is 7.07. The Morgan fingerprint density at radius 1 is 0.938 bits per heavy atom. The van der Waals surface area contributed by atoms with E-state index >= 15 is 0 Å². The summed E-state index contributed by atoms with van der Waals surface area (Å²) in [5.41, 5.74) is 3.80. The highest BCUT2D eigenvalue weighted by atomic mass is 16.5. The summed E-state index contributed by atoms with van der Waals surface area (Å²) in [6.07, 6.45) is -0.962. The van der Waals surface area contributed by atoms with E-state index in [1.54, 1.807) is 13.2 Å². The van der Waals surface area contributed by atoms with Gasteiger partial charge in [0.25, 0.3) is 5.91 Å². The van der Waals surface area contributed by atoms with Crippen LogP contribution >= 0.6 is 0 Å². The SMILES string of the molecule is COc1cccc(-c2nnc(NC3N=C(c4ccccc4)c4ccccc4NC3=O)o2)c1. The van der Waals surface area contributed by atoms with E-state index in [-0.39, 0.29) is 11.9 Å². The number of ether oxygens (including phenoxy) is 1. The Bertz CT molecular complexity index is 1300. The van der Waals surface area contributed by atoms with E-state index in [2.05, 4.69) is 20.8 Å². The van der Waals surface area contributed by atoms with Gasteiger partial charge in [-0.25, -0.2) is 4.99 Å². The highest BCUT2D eigenvalue weighted by Crippen LogP contribution is 2.26. The van der Waals surface area contributed by atoms with Crippen LogP contribution in [0.15, 0.2) is 88.3 Å². The number of carbonyl (C=O) groups excluding carboxylic acids is 1. The third-order valence-electron chi connectivity index (χ3n) is 5.00. The van der Waals surface area contributed by atoms with Crippen LogP contribution in [0.5, 0.6) is 5.75 Å². The van der Waals surface area contributed by atoms with Crippen LogP contribution in [0.1, 0.15) is 11.1 Å². The molecule has 1 aliphatic heterocycles. The average Bonchev–Trinajstić information content (AvgIpc) is 3.26. The molecular weight excluding hydrogens is 406 g/mol. The number of nitrogens with one attached hydrogen (secondary N) is 2. The van der Waals surface area contributed by atoms with Crippen molar-refractivity contribution in [3.05, 3.63) is 90.0 Å². The van der Waals surface area contributed by atoms with Crippen LogP contribution in [-0.2, 0) is 4.79 Å². The maximum absolute atomic E-state index is 12.9. The third-order valence-corrected chi connectivity index (χ3v) is 5.00. The van der Waals surface area contributed by atoms with Gasteiger partial charge in [-0.05, 0) is 24.3 Å². The molecule has 1 atom stereocenters. The monoisotopic (exact) mass is 425 g/mol. The molecule has 2 N–H and O–H groups in total. The molecule has 1 unspecified atom stereocenters. The van der Waals surface area contributed by atoms with Crippen LogP contribution in [0.3, 0.4) is 0 Å². The fourth-order valence-electron chi connectivity index (χ4n) is 3.45. The molecule has 2 heterocycles. The molecule has 0 aliphatic carbocycles. The van der Waals surface area contributed by atoms with Crippen molar-refractivity contribution in [1.82, 2.24) is 10.2 Å². The minimum atomic E-state index is -0.962. The van der Waals surface area contributed by atoms with Gasteiger partial charge >= 0.3 is 6.01 Å². The molecule has 1 aliphatic rings. The number of aliphatic imine (C=N–C) groups is 1. The van der Waals surface area contributed by atoms with Crippen molar-refractivity contribution in [3.8, 4) is 17.2 Å². The molecule has 0 spiro atoms. The number of benzodiazepines with no additional fused rings is 1. The standard InChI is InChI=1S/C24H19N5O3/c1-31-17-11-7-10-16(14-17)23-28-29-24(32-23)27-21-22(30)25-19-13-6-5-12-18(19)20(26-21)15-8-3-2-4-9-15/h2-14,21H,1H3,(H,25,30)(H,27,29). The first-order chi connectivity index (χ1) is 15.7. The highest BCUT2D eigenvalue weighted by molar-refractivity contribution is 6.19. The van der Waals surface area contributed by atoms with E-state index in [1.165, 1.54) is 0 Å². The van der Waals surface area contributed by atoms with Gasteiger partial charge in [-0.3, -0.25) is 4.79 Å². The first-order valence-corrected chi connectivity index (χ1v) is 9.99. The lowest BCUT2D eigenvalue weighted by atomic mass is 10.0. The Morgan fingerprint density at radius 2 is 1.72 bits per heavy atom. The maximum Gasteiger partial charge on any atom is 0.317 e. The summed E-state index contributed by atoms with van der Waals surface area (Å²) >= 11 is 0. The largest absolute Gasteiger partial charge is 0.497 e. The summed E-state index contributed by atoms with van der Waals surface area (Å²) in [6, 6.07) is 24.6. The third kappa shape index (κ3) is 3.81. The van der Waals surface area contributed by atoms with Gasteiger partial charge in [-0.2, -0.15) is 0 Å². The number of benzene rings is 3. The first-order valence-electron chi connectivity index (χ1n) is 9.99. The van der Waals surface area contributed by atoms with E-state index < -0.39 is 6.17 Å². The fourth-order valence-corrected chi connectivity index (χ4v) is 3.45. The molecule has 0 bridgehead atoms. The summed E-state index contributed by atoms with van der Waals surface area (Å²) in [7, 11) is 1.59. The van der Waals surface area contributed by atoms with Crippen molar-refractivity contribution in [2.45, 2.75) is 6.17 Å². The summed E-state index contributed by atoms with van der Waals surface area (Å²) in [5, 5.41) is 14.0.